The van der Waals surface area contributed by atoms with Crippen LogP contribution in [0.1, 0.15) is 5.69 Å². The Morgan fingerprint density at radius 1 is 1.00 bits per heavy atom. The van der Waals surface area contributed by atoms with Crippen LogP contribution in [0.3, 0.4) is 0 Å². The number of halogens is 4. The zero-order valence-electron chi connectivity index (χ0n) is 15.6. The number of nitrogens with zero attached hydrogens (tertiary/aromatic N) is 3. The third kappa shape index (κ3) is 4.04. The van der Waals surface area contributed by atoms with E-state index in [-0.39, 0.29) is 0 Å². The number of allylic oxidation sites excluding steroid dienone is 2. The second kappa shape index (κ2) is 7.78. The first-order valence-corrected chi connectivity index (χ1v) is 10.7. The first-order valence-electron chi connectivity index (χ1n) is 8.83. The van der Waals surface area contributed by atoms with Gasteiger partial charge in [-0.2, -0.15) is 18.3 Å². The maximum Gasteiger partial charge on any atom is 0.501 e. The molecule has 0 radical (unpaired) electrons. The lowest BCUT2D eigenvalue weighted by atomic mass is 10.2. The molecular weight excluding hydrogens is 453 g/mol. The van der Waals surface area contributed by atoms with Gasteiger partial charge in [0.2, 0.25) is 0 Å². The van der Waals surface area contributed by atoms with Crippen LogP contribution >= 0.6 is 11.6 Å². The highest BCUT2D eigenvalue weighted by molar-refractivity contribution is 7.92. The maximum atomic E-state index is 12.7. The minimum Gasteiger partial charge on any atom is -0.292 e. The predicted octanol–water partition coefficient (Wildman–Crippen LogP) is 4.70. The SMILES string of the molecule is O=S(=O)(c1ccc(N2C=CC=C(c3ccnn3-c3cccc(Cl)c3)N2)cc1)C(F)(F)F. The molecule has 6 nitrogen and oxygen atoms in total. The van der Waals surface area contributed by atoms with Crippen molar-refractivity contribution in [3.8, 4) is 5.69 Å². The van der Waals surface area contributed by atoms with Crippen molar-refractivity contribution in [1.29, 1.82) is 0 Å². The van der Waals surface area contributed by atoms with E-state index in [9.17, 15) is 21.6 Å². The van der Waals surface area contributed by atoms with E-state index >= 15 is 0 Å². The number of nitrogens with one attached hydrogen (secondary N) is 1. The molecular formula is C20H14ClF3N4O2S. The summed E-state index contributed by atoms with van der Waals surface area (Å²) >= 11 is 6.07. The van der Waals surface area contributed by atoms with E-state index in [0.717, 1.165) is 17.8 Å². The van der Waals surface area contributed by atoms with Gasteiger partial charge in [0, 0.05) is 11.2 Å². The van der Waals surface area contributed by atoms with Crippen LogP contribution in [0.15, 0.2) is 84.0 Å². The second-order valence-electron chi connectivity index (χ2n) is 6.45. The Morgan fingerprint density at radius 3 is 2.42 bits per heavy atom. The summed E-state index contributed by atoms with van der Waals surface area (Å²) in [5.41, 5.74) is 0.337. The molecule has 2 heterocycles. The number of rotatable bonds is 4. The van der Waals surface area contributed by atoms with Gasteiger partial charge in [0.05, 0.1) is 33.9 Å². The molecule has 0 amide bonds. The monoisotopic (exact) mass is 466 g/mol. The molecule has 0 aliphatic carbocycles. The van der Waals surface area contributed by atoms with Gasteiger partial charge >= 0.3 is 5.51 Å². The Labute approximate surface area is 180 Å². The minimum absolute atomic E-state index is 0.441. The quantitative estimate of drug-likeness (QED) is 0.603. The number of hydrogen-bond donors (Lipinski definition) is 1. The molecule has 1 aliphatic heterocycles. The molecule has 0 saturated carbocycles. The van der Waals surface area contributed by atoms with Gasteiger partial charge in [0.25, 0.3) is 9.84 Å². The topological polar surface area (TPSA) is 67.2 Å². The molecule has 1 aromatic heterocycles. The third-order valence-electron chi connectivity index (χ3n) is 4.44. The third-order valence-corrected chi connectivity index (χ3v) is 6.18. The Hall–Kier alpha value is -3.24. The van der Waals surface area contributed by atoms with Crippen molar-refractivity contribution in [2.45, 2.75) is 10.4 Å². The van der Waals surface area contributed by atoms with Crippen LogP contribution in [0, 0.1) is 0 Å². The summed E-state index contributed by atoms with van der Waals surface area (Å²) in [6.45, 7) is 0. The number of anilines is 1. The molecule has 0 saturated heterocycles. The van der Waals surface area contributed by atoms with Crippen LogP contribution in [0.25, 0.3) is 11.4 Å². The van der Waals surface area contributed by atoms with Crippen LogP contribution in [0.2, 0.25) is 5.02 Å². The molecule has 0 spiro atoms. The fourth-order valence-corrected chi connectivity index (χ4v) is 3.91. The number of alkyl halides is 3. The van der Waals surface area contributed by atoms with Crippen molar-refractivity contribution in [2.24, 2.45) is 0 Å². The lowest BCUT2D eigenvalue weighted by Crippen LogP contribution is -2.34. The molecule has 4 rings (SSSR count). The molecule has 0 atom stereocenters. The van der Waals surface area contributed by atoms with Gasteiger partial charge in [-0.3, -0.25) is 10.4 Å². The molecule has 1 aliphatic rings. The smallest absolute Gasteiger partial charge is 0.292 e. The minimum atomic E-state index is -5.40. The van der Waals surface area contributed by atoms with Gasteiger partial charge in [-0.15, -0.1) is 0 Å². The highest BCUT2D eigenvalue weighted by atomic mass is 35.5. The van der Waals surface area contributed by atoms with E-state index in [2.05, 4.69) is 10.5 Å². The van der Waals surface area contributed by atoms with Crippen molar-refractivity contribution in [1.82, 2.24) is 15.2 Å². The summed E-state index contributed by atoms with van der Waals surface area (Å²) in [5.74, 6) is 0. The summed E-state index contributed by atoms with van der Waals surface area (Å²) in [5, 5.41) is 6.43. The van der Waals surface area contributed by atoms with Crippen molar-refractivity contribution in [3.05, 3.63) is 89.9 Å². The van der Waals surface area contributed by atoms with E-state index in [1.807, 2.05) is 6.07 Å². The average Bonchev–Trinajstić information content (AvgIpc) is 3.23. The van der Waals surface area contributed by atoms with Crippen LogP contribution < -0.4 is 10.4 Å². The Balaban J connectivity index is 1.59. The van der Waals surface area contributed by atoms with Gasteiger partial charge in [-0.1, -0.05) is 17.7 Å². The summed E-state index contributed by atoms with van der Waals surface area (Å²) < 4.78 is 63.0. The fourth-order valence-electron chi connectivity index (χ4n) is 2.96. The number of benzene rings is 2. The molecule has 1 N–H and O–H groups in total. The van der Waals surface area contributed by atoms with Crippen molar-refractivity contribution in [2.75, 3.05) is 5.01 Å². The van der Waals surface area contributed by atoms with Crippen LogP contribution in [-0.4, -0.2) is 23.7 Å². The largest absolute Gasteiger partial charge is 0.501 e. The van der Waals surface area contributed by atoms with E-state index in [1.165, 1.54) is 12.1 Å². The number of sulfone groups is 1. The molecule has 160 valence electrons. The van der Waals surface area contributed by atoms with Gasteiger partial charge in [-0.05, 0) is 60.7 Å². The number of hydrazine groups is 1. The van der Waals surface area contributed by atoms with Crippen LogP contribution in [0.5, 0.6) is 0 Å². The van der Waals surface area contributed by atoms with Crippen molar-refractivity contribution < 1.29 is 21.6 Å². The van der Waals surface area contributed by atoms with Gasteiger partial charge < -0.3 is 0 Å². The zero-order chi connectivity index (χ0) is 22.2. The Morgan fingerprint density at radius 2 is 1.74 bits per heavy atom. The van der Waals surface area contributed by atoms with Crippen LogP contribution in [-0.2, 0) is 9.84 Å². The van der Waals surface area contributed by atoms with Gasteiger partial charge in [0.15, 0.2) is 0 Å². The van der Waals surface area contributed by atoms with Crippen molar-refractivity contribution >= 4 is 32.8 Å². The normalized spacial score (nSPS) is 14.3. The van der Waals surface area contributed by atoms with E-state index in [0.29, 0.717) is 22.1 Å². The standard InChI is InChI=1S/C20H14ClF3N4O2S/c21-14-3-1-4-16(13-14)28-19(10-11-25-28)18-5-2-12-27(26-18)15-6-8-17(9-7-15)31(29,30)20(22,23)24/h1-13,26H. The molecule has 0 bridgehead atoms. The van der Waals surface area contributed by atoms with E-state index in [4.69, 9.17) is 11.6 Å². The first-order chi connectivity index (χ1) is 14.7. The summed E-state index contributed by atoms with van der Waals surface area (Å²) in [4.78, 5) is -0.820. The van der Waals surface area contributed by atoms with Gasteiger partial charge in [-0.25, -0.2) is 13.1 Å². The van der Waals surface area contributed by atoms with Gasteiger partial charge in [0.1, 0.15) is 0 Å². The highest BCUT2D eigenvalue weighted by Crippen LogP contribution is 2.31. The lowest BCUT2D eigenvalue weighted by Gasteiger charge is -2.27. The Bertz CT molecular complexity index is 1280. The van der Waals surface area contributed by atoms with E-state index < -0.39 is 20.2 Å². The van der Waals surface area contributed by atoms with Crippen LogP contribution in [0.4, 0.5) is 18.9 Å². The molecule has 2 aromatic carbocycles. The molecule has 0 unspecified atom stereocenters. The summed E-state index contributed by atoms with van der Waals surface area (Å²) in [6, 6.07) is 13.3. The molecule has 3 aromatic rings. The highest BCUT2D eigenvalue weighted by Gasteiger charge is 2.46. The summed E-state index contributed by atoms with van der Waals surface area (Å²) in [7, 11) is -5.40. The number of hydrogen-bond acceptors (Lipinski definition) is 5. The average molecular weight is 467 g/mol. The Kier molecular flexibility index (Phi) is 5.28. The molecule has 31 heavy (non-hydrogen) atoms. The zero-order valence-corrected chi connectivity index (χ0v) is 17.2. The number of aromatic nitrogens is 2. The molecule has 0 fully saturated rings. The fraction of sp³-hybridized carbons (Fsp3) is 0.0500. The predicted molar refractivity (Wildman–Crippen MR) is 111 cm³/mol. The maximum absolute atomic E-state index is 12.7. The second-order valence-corrected chi connectivity index (χ2v) is 8.83. The van der Waals surface area contributed by atoms with Crippen molar-refractivity contribution in [3.63, 3.8) is 0 Å². The first kappa shape index (κ1) is 21.0. The molecule has 11 heteroatoms. The lowest BCUT2D eigenvalue weighted by molar-refractivity contribution is -0.0436. The van der Waals surface area contributed by atoms with E-state index in [1.54, 1.807) is 58.5 Å². The summed E-state index contributed by atoms with van der Waals surface area (Å²) in [6.07, 6.45) is 6.81.